The average molecular weight is 457 g/mol. The summed E-state index contributed by atoms with van der Waals surface area (Å²) < 4.78 is 1.52. The van der Waals surface area contributed by atoms with E-state index in [2.05, 4.69) is 15.0 Å². The number of hydrogen-bond donors (Lipinski definition) is 1. The third-order valence-electron chi connectivity index (χ3n) is 5.81. The van der Waals surface area contributed by atoms with Gasteiger partial charge in [-0.1, -0.05) is 23.7 Å². The zero-order valence-corrected chi connectivity index (χ0v) is 18.7. The molecule has 1 atom stereocenters. The molecule has 0 fully saturated rings. The molecule has 3 aromatic heterocycles. The van der Waals surface area contributed by atoms with Crippen molar-refractivity contribution in [3.63, 3.8) is 0 Å². The highest BCUT2D eigenvalue weighted by Gasteiger charge is 2.20. The second kappa shape index (κ2) is 8.73. The fraction of sp³-hybridized carbons (Fsp3) is 0.154. The van der Waals surface area contributed by atoms with E-state index >= 15 is 0 Å². The van der Waals surface area contributed by atoms with Crippen molar-refractivity contribution in [1.82, 2.24) is 14.5 Å². The van der Waals surface area contributed by atoms with Crippen molar-refractivity contribution in [2.45, 2.75) is 19.5 Å². The summed E-state index contributed by atoms with van der Waals surface area (Å²) in [5, 5.41) is 10.5. The van der Waals surface area contributed by atoms with E-state index in [0.29, 0.717) is 11.6 Å². The lowest BCUT2D eigenvalue weighted by Crippen LogP contribution is -2.26. The topological polar surface area (TPSA) is 80.4 Å². The Labute approximate surface area is 195 Å². The van der Waals surface area contributed by atoms with Crippen LogP contribution in [0.5, 0.6) is 0 Å². The molecule has 1 N–H and O–H groups in total. The van der Waals surface area contributed by atoms with Crippen LogP contribution >= 0.6 is 11.6 Å². The number of aliphatic imine (C=N–C) groups is 1. The monoisotopic (exact) mass is 456 g/mol. The lowest BCUT2D eigenvalue weighted by atomic mass is 9.99. The lowest BCUT2D eigenvalue weighted by Gasteiger charge is -2.18. The summed E-state index contributed by atoms with van der Waals surface area (Å²) in [4.78, 5) is 26.5. The number of pyridine rings is 3. The van der Waals surface area contributed by atoms with Crippen molar-refractivity contribution in [3.8, 4) is 11.1 Å². The van der Waals surface area contributed by atoms with Gasteiger partial charge >= 0.3 is 0 Å². The van der Waals surface area contributed by atoms with E-state index in [9.17, 15) is 9.90 Å². The van der Waals surface area contributed by atoms with Gasteiger partial charge in [0.25, 0.3) is 5.56 Å². The third-order valence-corrected chi connectivity index (χ3v) is 6.04. The van der Waals surface area contributed by atoms with Crippen LogP contribution in [0, 0.1) is 6.92 Å². The SMILES string of the molecule is Cc1cc(C2=NCc3ncc(-c4ccn([C@H](CO)c5cccc(Cl)c5)c(=O)c4)cc32)ccn1. The predicted molar refractivity (Wildman–Crippen MR) is 129 cm³/mol. The van der Waals surface area contributed by atoms with Crippen LogP contribution in [0.2, 0.25) is 5.02 Å². The molecule has 1 aliphatic heterocycles. The molecule has 0 saturated carbocycles. The Balaban J connectivity index is 1.50. The van der Waals surface area contributed by atoms with Gasteiger partial charge in [0.05, 0.1) is 30.6 Å². The number of rotatable bonds is 5. The van der Waals surface area contributed by atoms with E-state index in [0.717, 1.165) is 44.9 Å². The minimum absolute atomic E-state index is 0.217. The molecule has 4 aromatic rings. The van der Waals surface area contributed by atoms with Crippen molar-refractivity contribution in [2.75, 3.05) is 6.61 Å². The van der Waals surface area contributed by atoms with Crippen LogP contribution in [-0.4, -0.2) is 32.0 Å². The molecule has 0 bridgehead atoms. The first-order valence-corrected chi connectivity index (χ1v) is 11.0. The van der Waals surface area contributed by atoms with Gasteiger partial charge in [-0.25, -0.2) is 0 Å². The van der Waals surface area contributed by atoms with Crippen molar-refractivity contribution in [2.24, 2.45) is 4.99 Å². The molecule has 1 aliphatic rings. The third kappa shape index (κ3) is 4.11. The summed E-state index contributed by atoms with van der Waals surface area (Å²) in [6.45, 7) is 2.27. The van der Waals surface area contributed by atoms with Crippen molar-refractivity contribution >= 4 is 17.3 Å². The maximum atomic E-state index is 13.0. The molecule has 0 radical (unpaired) electrons. The number of halogens is 1. The van der Waals surface area contributed by atoms with Crippen LogP contribution in [0.4, 0.5) is 0 Å². The molecule has 5 rings (SSSR count). The van der Waals surface area contributed by atoms with Crippen LogP contribution in [0.1, 0.15) is 34.1 Å². The Hall–Kier alpha value is -3.61. The molecule has 4 heterocycles. The highest BCUT2D eigenvalue weighted by Crippen LogP contribution is 2.27. The Kier molecular flexibility index (Phi) is 5.62. The van der Waals surface area contributed by atoms with E-state index < -0.39 is 6.04 Å². The number of aryl methyl sites for hydroxylation is 1. The molecule has 0 spiro atoms. The minimum atomic E-state index is -0.517. The minimum Gasteiger partial charge on any atom is -0.394 e. The predicted octanol–water partition coefficient (Wildman–Crippen LogP) is 4.20. The molecule has 33 heavy (non-hydrogen) atoms. The van der Waals surface area contributed by atoms with E-state index in [1.165, 1.54) is 4.57 Å². The molecule has 0 aliphatic carbocycles. The number of benzene rings is 1. The van der Waals surface area contributed by atoms with Crippen LogP contribution in [0.25, 0.3) is 11.1 Å². The van der Waals surface area contributed by atoms with Crippen molar-refractivity contribution < 1.29 is 5.11 Å². The van der Waals surface area contributed by atoms with Crippen LogP contribution in [-0.2, 0) is 6.54 Å². The van der Waals surface area contributed by atoms with Crippen molar-refractivity contribution in [3.05, 3.63) is 117 Å². The van der Waals surface area contributed by atoms with Crippen LogP contribution in [0.3, 0.4) is 0 Å². The quantitative estimate of drug-likeness (QED) is 0.488. The zero-order chi connectivity index (χ0) is 22.9. The van der Waals surface area contributed by atoms with E-state index in [4.69, 9.17) is 11.6 Å². The number of aliphatic hydroxyl groups excluding tert-OH is 1. The summed E-state index contributed by atoms with van der Waals surface area (Å²) in [5.41, 5.74) is 6.84. The summed E-state index contributed by atoms with van der Waals surface area (Å²) in [6.07, 6.45) is 5.25. The normalized spacial score (nSPS) is 13.5. The van der Waals surface area contributed by atoms with E-state index in [1.54, 1.807) is 42.9 Å². The first kappa shape index (κ1) is 21.2. The Morgan fingerprint density at radius 1 is 1.06 bits per heavy atom. The highest BCUT2D eigenvalue weighted by molar-refractivity contribution is 6.30. The van der Waals surface area contributed by atoms with Crippen LogP contribution < -0.4 is 5.56 Å². The summed E-state index contributed by atoms with van der Waals surface area (Å²) >= 11 is 6.10. The fourth-order valence-corrected chi connectivity index (χ4v) is 4.35. The Bertz CT molecular complexity index is 1440. The number of aromatic nitrogens is 3. The molecule has 0 amide bonds. The number of fused-ring (bicyclic) bond motifs is 1. The van der Waals surface area contributed by atoms with Gasteiger partial charge in [0.15, 0.2) is 0 Å². The smallest absolute Gasteiger partial charge is 0.251 e. The maximum absolute atomic E-state index is 13.0. The van der Waals surface area contributed by atoms with Gasteiger partial charge in [0.2, 0.25) is 0 Å². The first-order chi connectivity index (χ1) is 16.0. The van der Waals surface area contributed by atoms with Gasteiger partial charge in [0, 0.05) is 52.1 Å². The first-order valence-electron chi connectivity index (χ1n) is 10.6. The molecule has 7 heteroatoms. The number of aliphatic hydroxyl groups is 1. The number of nitrogens with zero attached hydrogens (tertiary/aromatic N) is 4. The summed E-state index contributed by atoms with van der Waals surface area (Å²) in [5.74, 6) is 0. The van der Waals surface area contributed by atoms with Crippen LogP contribution in [0.15, 0.2) is 83.0 Å². The highest BCUT2D eigenvalue weighted by atomic mass is 35.5. The van der Waals surface area contributed by atoms with Gasteiger partial charge in [-0.2, -0.15) is 0 Å². The second-order valence-electron chi connectivity index (χ2n) is 7.98. The molecule has 0 unspecified atom stereocenters. The summed E-state index contributed by atoms with van der Waals surface area (Å²) in [7, 11) is 0. The molecular formula is C26H21ClN4O2. The lowest BCUT2D eigenvalue weighted by molar-refractivity contribution is 0.247. The molecule has 6 nitrogen and oxygen atoms in total. The average Bonchev–Trinajstić information content (AvgIpc) is 3.24. The second-order valence-corrected chi connectivity index (χ2v) is 8.42. The van der Waals surface area contributed by atoms with Crippen molar-refractivity contribution in [1.29, 1.82) is 0 Å². The van der Waals surface area contributed by atoms with E-state index in [-0.39, 0.29) is 12.2 Å². The molecule has 0 saturated heterocycles. The molecule has 1 aromatic carbocycles. The fourth-order valence-electron chi connectivity index (χ4n) is 4.16. The largest absolute Gasteiger partial charge is 0.394 e. The van der Waals surface area contributed by atoms with Gasteiger partial charge < -0.3 is 9.67 Å². The Morgan fingerprint density at radius 2 is 1.94 bits per heavy atom. The van der Waals surface area contributed by atoms with Gasteiger partial charge in [-0.3, -0.25) is 19.8 Å². The standard InChI is InChI=1S/C26H21ClN4O2/c1-16-9-19(5-7-28-16)26-22-11-20(13-29-23(22)14-30-26)17-6-8-31(25(33)12-17)24(15-32)18-3-2-4-21(27)10-18/h2-13,24,32H,14-15H2,1H3/t24-/m1/s1. The molecule has 164 valence electrons. The Morgan fingerprint density at radius 3 is 2.70 bits per heavy atom. The number of hydrogen-bond acceptors (Lipinski definition) is 5. The zero-order valence-electron chi connectivity index (χ0n) is 17.9. The van der Waals surface area contributed by atoms with Gasteiger partial charge in [-0.15, -0.1) is 0 Å². The van der Waals surface area contributed by atoms with Gasteiger partial charge in [-0.05, 0) is 54.4 Å². The van der Waals surface area contributed by atoms with Gasteiger partial charge in [0.1, 0.15) is 0 Å². The molecular weight excluding hydrogens is 436 g/mol. The van der Waals surface area contributed by atoms with E-state index in [1.807, 2.05) is 37.3 Å². The maximum Gasteiger partial charge on any atom is 0.251 e. The summed E-state index contributed by atoms with van der Waals surface area (Å²) in [6, 6.07) is 16.1.